The molecule has 0 aliphatic rings. The van der Waals surface area contributed by atoms with Gasteiger partial charge in [0.1, 0.15) is 5.75 Å². The average molecular weight is 248 g/mol. The van der Waals surface area contributed by atoms with E-state index in [0.717, 1.165) is 13.2 Å². The van der Waals surface area contributed by atoms with Crippen LogP contribution in [0.25, 0.3) is 0 Å². The first kappa shape index (κ1) is 13.2. The summed E-state index contributed by atoms with van der Waals surface area (Å²) in [4.78, 5) is 11.3. The Balaban J connectivity index is 3.43. The molecule has 0 saturated carbocycles. The molecule has 0 heterocycles. The first-order chi connectivity index (χ1) is 7.81. The van der Waals surface area contributed by atoms with E-state index in [0.29, 0.717) is 6.07 Å². The summed E-state index contributed by atoms with van der Waals surface area (Å²) in [5, 5.41) is 0. The van der Waals surface area contributed by atoms with Gasteiger partial charge in [0, 0.05) is 11.8 Å². The van der Waals surface area contributed by atoms with Crippen molar-refractivity contribution >= 4 is 24.1 Å². The summed E-state index contributed by atoms with van der Waals surface area (Å²) in [7, 11) is 2.29. The second-order valence-corrected chi connectivity index (χ2v) is 3.25. The molecule has 17 heavy (non-hydrogen) atoms. The molecule has 0 aromatic heterocycles. The van der Waals surface area contributed by atoms with Crippen LogP contribution in [0.2, 0.25) is 0 Å². The number of benzene rings is 1. The third-order valence-electron chi connectivity index (χ3n) is 2.16. The Hall–Kier alpha value is -1.86. The summed E-state index contributed by atoms with van der Waals surface area (Å²) in [5.41, 5.74) is 3.43. The summed E-state index contributed by atoms with van der Waals surface area (Å²) in [6.07, 6.45) is 0. The van der Waals surface area contributed by atoms with Crippen molar-refractivity contribution in [3.63, 3.8) is 0 Å². The van der Waals surface area contributed by atoms with Gasteiger partial charge in [-0.3, -0.25) is 0 Å². The number of methoxy groups -OCH3 is 2. The van der Waals surface area contributed by atoms with Gasteiger partial charge < -0.3 is 28.2 Å². The molecule has 8 heteroatoms. The lowest BCUT2D eigenvalue weighted by molar-refractivity contribution is 0.0597. The lowest BCUT2D eigenvalue weighted by atomic mass is 9.78. The molecular formula is C9H10BF3NO3-. The molecule has 94 valence electrons. The SMILES string of the molecule is COC(=O)c1cc([B-](F)(F)F)c(N)cc1OC. The summed E-state index contributed by atoms with van der Waals surface area (Å²) >= 11 is 0. The van der Waals surface area contributed by atoms with Gasteiger partial charge in [0.25, 0.3) is 0 Å². The monoisotopic (exact) mass is 248 g/mol. The Bertz CT molecular complexity index is 448. The van der Waals surface area contributed by atoms with Crippen molar-refractivity contribution in [3.8, 4) is 5.75 Å². The minimum absolute atomic E-state index is 0.0573. The standard InChI is InChI=1S/C9H10BF3NO3/c1-16-8-4-7(14)6(10(11,12)13)3-5(8)9(15)17-2/h3-4H,14H2,1-2H3/q-1. The van der Waals surface area contributed by atoms with E-state index >= 15 is 0 Å². The van der Waals surface area contributed by atoms with Gasteiger partial charge in [0.05, 0.1) is 19.8 Å². The number of nitrogen functional groups attached to an aromatic ring is 1. The molecule has 0 saturated heterocycles. The second kappa shape index (κ2) is 4.56. The van der Waals surface area contributed by atoms with Gasteiger partial charge in [-0.25, -0.2) is 4.79 Å². The molecule has 1 rings (SSSR count). The van der Waals surface area contributed by atoms with Crippen molar-refractivity contribution in [2.24, 2.45) is 0 Å². The van der Waals surface area contributed by atoms with Gasteiger partial charge in [-0.05, 0) is 0 Å². The Morgan fingerprint density at radius 1 is 1.29 bits per heavy atom. The molecule has 0 bridgehead atoms. The van der Waals surface area contributed by atoms with Gasteiger partial charge in [0.2, 0.25) is 0 Å². The van der Waals surface area contributed by atoms with Crippen molar-refractivity contribution in [2.45, 2.75) is 0 Å². The summed E-state index contributed by atoms with van der Waals surface area (Å²) < 4.78 is 47.0. The van der Waals surface area contributed by atoms with Gasteiger partial charge >= 0.3 is 12.9 Å². The first-order valence-electron chi connectivity index (χ1n) is 4.57. The second-order valence-electron chi connectivity index (χ2n) is 3.25. The number of hydrogen-bond donors (Lipinski definition) is 1. The van der Waals surface area contributed by atoms with E-state index in [4.69, 9.17) is 10.5 Å². The topological polar surface area (TPSA) is 61.5 Å². The number of rotatable bonds is 3. The fraction of sp³-hybridized carbons (Fsp3) is 0.222. The lowest BCUT2D eigenvalue weighted by Gasteiger charge is -2.19. The van der Waals surface area contributed by atoms with Crippen molar-refractivity contribution in [3.05, 3.63) is 17.7 Å². The Morgan fingerprint density at radius 2 is 1.88 bits per heavy atom. The van der Waals surface area contributed by atoms with Gasteiger partial charge in [-0.1, -0.05) is 11.5 Å². The summed E-state index contributed by atoms with van der Waals surface area (Å²) in [5.74, 6) is -0.971. The van der Waals surface area contributed by atoms with E-state index in [1.807, 2.05) is 0 Å². The number of halogens is 3. The number of nitrogens with two attached hydrogens (primary N) is 1. The normalized spacial score (nSPS) is 11.1. The van der Waals surface area contributed by atoms with E-state index in [1.54, 1.807) is 0 Å². The van der Waals surface area contributed by atoms with Gasteiger partial charge in [-0.15, -0.1) is 0 Å². The number of esters is 1. The summed E-state index contributed by atoms with van der Waals surface area (Å²) in [6, 6.07) is 1.59. The highest BCUT2D eigenvalue weighted by Crippen LogP contribution is 2.24. The van der Waals surface area contributed by atoms with Crippen molar-refractivity contribution in [1.82, 2.24) is 0 Å². The smallest absolute Gasteiger partial charge is 0.496 e. The van der Waals surface area contributed by atoms with Crippen molar-refractivity contribution in [1.29, 1.82) is 0 Å². The van der Waals surface area contributed by atoms with Crippen LogP contribution in [0.15, 0.2) is 12.1 Å². The van der Waals surface area contributed by atoms with Crippen molar-refractivity contribution < 1.29 is 27.2 Å². The fourth-order valence-electron chi connectivity index (χ4n) is 1.33. The molecule has 0 spiro atoms. The molecule has 2 N–H and O–H groups in total. The maximum absolute atomic E-state index is 12.6. The Kier molecular flexibility index (Phi) is 3.55. The quantitative estimate of drug-likeness (QED) is 0.494. The van der Waals surface area contributed by atoms with Crippen LogP contribution in [0.5, 0.6) is 5.75 Å². The maximum atomic E-state index is 12.6. The van der Waals surface area contributed by atoms with Crippen LogP contribution in [-0.2, 0) is 4.74 Å². The van der Waals surface area contributed by atoms with Gasteiger partial charge in [-0.2, -0.15) is 0 Å². The zero-order chi connectivity index (χ0) is 13.2. The van der Waals surface area contributed by atoms with E-state index in [-0.39, 0.29) is 11.3 Å². The predicted octanol–water partition coefficient (Wildman–Crippen LogP) is 1.12. The highest BCUT2D eigenvalue weighted by atomic mass is 19.4. The molecule has 1 aromatic rings. The molecule has 1 aromatic carbocycles. The maximum Gasteiger partial charge on any atom is 0.511 e. The van der Waals surface area contributed by atoms with Crippen LogP contribution in [-0.4, -0.2) is 27.2 Å². The minimum Gasteiger partial charge on any atom is -0.496 e. The number of carbonyl (C=O) groups is 1. The van der Waals surface area contributed by atoms with Crippen LogP contribution in [0.1, 0.15) is 10.4 Å². The Morgan fingerprint density at radius 3 is 2.29 bits per heavy atom. The largest absolute Gasteiger partial charge is 0.511 e. The molecule has 0 fully saturated rings. The zero-order valence-corrected chi connectivity index (χ0v) is 9.17. The number of anilines is 1. The third kappa shape index (κ3) is 2.63. The molecule has 0 unspecified atom stereocenters. The lowest BCUT2D eigenvalue weighted by Crippen LogP contribution is -2.37. The minimum atomic E-state index is -5.29. The Labute approximate surface area is 95.6 Å². The molecule has 0 amide bonds. The summed E-state index contributed by atoms with van der Waals surface area (Å²) in [6.45, 7) is -5.29. The molecule has 0 aliphatic carbocycles. The van der Waals surface area contributed by atoms with E-state index in [2.05, 4.69) is 4.74 Å². The predicted molar refractivity (Wildman–Crippen MR) is 57.5 cm³/mol. The molecule has 0 atom stereocenters. The third-order valence-corrected chi connectivity index (χ3v) is 2.16. The van der Waals surface area contributed by atoms with Crippen LogP contribution in [0, 0.1) is 0 Å². The van der Waals surface area contributed by atoms with E-state index < -0.39 is 24.1 Å². The molecule has 0 aliphatic heterocycles. The molecule has 0 radical (unpaired) electrons. The molecular weight excluding hydrogens is 238 g/mol. The fourth-order valence-corrected chi connectivity index (χ4v) is 1.33. The molecule has 4 nitrogen and oxygen atoms in total. The first-order valence-corrected chi connectivity index (χ1v) is 4.57. The van der Waals surface area contributed by atoms with E-state index in [1.165, 1.54) is 7.11 Å². The number of ether oxygens (including phenoxy) is 2. The van der Waals surface area contributed by atoms with Crippen LogP contribution < -0.4 is 15.9 Å². The number of carbonyl (C=O) groups excluding carboxylic acids is 1. The average Bonchev–Trinajstić information content (AvgIpc) is 2.25. The highest BCUT2D eigenvalue weighted by molar-refractivity contribution is 6.75. The zero-order valence-electron chi connectivity index (χ0n) is 9.17. The van der Waals surface area contributed by atoms with E-state index in [9.17, 15) is 17.7 Å². The van der Waals surface area contributed by atoms with Crippen LogP contribution in [0.3, 0.4) is 0 Å². The van der Waals surface area contributed by atoms with Crippen LogP contribution in [0.4, 0.5) is 18.6 Å². The van der Waals surface area contributed by atoms with Crippen molar-refractivity contribution in [2.75, 3.05) is 20.0 Å². The van der Waals surface area contributed by atoms with Gasteiger partial charge in [0.15, 0.2) is 0 Å². The highest BCUT2D eigenvalue weighted by Gasteiger charge is 2.30. The van der Waals surface area contributed by atoms with Crippen LogP contribution >= 0.6 is 0 Å². The number of hydrogen-bond acceptors (Lipinski definition) is 4.